The molecule has 1 heterocycles. The molecule has 1 unspecified atom stereocenters. The summed E-state index contributed by atoms with van der Waals surface area (Å²) in [5, 5.41) is 37.3. The largest absolute Gasteiger partial charge is 0.506 e. The fourth-order valence-corrected chi connectivity index (χ4v) is 5.63. The predicted molar refractivity (Wildman–Crippen MR) is 161 cm³/mol. The smallest absolute Gasteiger partial charge is 0.334 e. The minimum absolute atomic E-state index is 0.0478. The molecule has 1 aromatic heterocycles. The summed E-state index contributed by atoms with van der Waals surface area (Å²) in [6, 6.07) is 20.4. The van der Waals surface area contributed by atoms with E-state index in [1.165, 1.54) is 12.1 Å². The number of ether oxygens (including phenoxy) is 1. The van der Waals surface area contributed by atoms with Gasteiger partial charge < -0.3 is 35.7 Å². The number of nitrogens with one attached hydrogen (secondary N) is 3. The SMILES string of the molecule is O=C(NC1(C(=O)O)CCc2ccccc21)c1cccc(COCCCCNC[C@H](O)c2ccc(O)c3[nH]c(=O)ccc23)c1. The maximum atomic E-state index is 13.1. The zero-order valence-corrected chi connectivity index (χ0v) is 23.6. The average Bonchev–Trinajstić information content (AvgIpc) is 3.38. The van der Waals surface area contributed by atoms with Gasteiger partial charge in [0.15, 0.2) is 5.54 Å². The van der Waals surface area contributed by atoms with Gasteiger partial charge in [0.25, 0.3) is 5.91 Å². The Hall–Kier alpha value is -4.51. The fourth-order valence-electron chi connectivity index (χ4n) is 5.63. The van der Waals surface area contributed by atoms with Crippen molar-refractivity contribution in [3.8, 4) is 5.75 Å². The number of aromatic amines is 1. The van der Waals surface area contributed by atoms with Crippen LogP contribution in [0.15, 0.2) is 77.6 Å². The molecule has 0 bridgehead atoms. The molecule has 10 heteroatoms. The number of aromatic hydroxyl groups is 1. The lowest BCUT2D eigenvalue weighted by Crippen LogP contribution is -2.50. The van der Waals surface area contributed by atoms with Crippen LogP contribution in [0, 0.1) is 0 Å². The van der Waals surface area contributed by atoms with E-state index in [1.807, 2.05) is 18.2 Å². The van der Waals surface area contributed by atoms with E-state index in [0.29, 0.717) is 66.7 Å². The van der Waals surface area contributed by atoms with Crippen LogP contribution in [-0.4, -0.2) is 51.9 Å². The second kappa shape index (κ2) is 13.2. The van der Waals surface area contributed by atoms with Crippen molar-refractivity contribution in [3.05, 3.63) is 111 Å². The van der Waals surface area contributed by atoms with Gasteiger partial charge >= 0.3 is 5.97 Å². The van der Waals surface area contributed by atoms with Gasteiger partial charge in [-0.1, -0.05) is 42.5 Å². The van der Waals surface area contributed by atoms with Crippen molar-refractivity contribution < 1.29 is 29.6 Å². The standard InChI is InChI=1S/C33H35N3O7/c37-27-12-10-24(25-11-13-29(39)35-30(25)27)28(38)19-34-16-3-4-17-43-20-21-6-5-8-23(18-21)31(40)36-33(32(41)42)15-14-22-7-1-2-9-26(22)33/h1-2,5-13,18,28,34,37-38H,3-4,14-17,19-20H2,(H,35,39)(H,36,40)(H,41,42)/t28-,33?/m0/s1. The van der Waals surface area contributed by atoms with Gasteiger partial charge in [-0.3, -0.25) is 9.59 Å². The molecule has 0 aliphatic heterocycles. The number of rotatable bonds is 13. The number of hydrogen-bond donors (Lipinski definition) is 6. The Labute approximate surface area is 248 Å². The van der Waals surface area contributed by atoms with Crippen LogP contribution in [0.1, 0.15) is 58.0 Å². The number of carbonyl (C=O) groups is 2. The van der Waals surface area contributed by atoms with E-state index in [0.717, 1.165) is 24.0 Å². The summed E-state index contributed by atoms with van der Waals surface area (Å²) in [7, 11) is 0. The van der Waals surface area contributed by atoms with Crippen molar-refractivity contribution in [2.45, 2.75) is 43.9 Å². The second-order valence-corrected chi connectivity index (χ2v) is 10.8. The highest BCUT2D eigenvalue weighted by Gasteiger charge is 2.46. The molecule has 0 spiro atoms. The van der Waals surface area contributed by atoms with Crippen LogP contribution in [0.5, 0.6) is 5.75 Å². The van der Waals surface area contributed by atoms with E-state index < -0.39 is 23.5 Å². The number of carboxylic acid groups (broad SMARTS) is 1. The van der Waals surface area contributed by atoms with Crippen LogP contribution in [0.25, 0.3) is 10.9 Å². The molecular weight excluding hydrogens is 550 g/mol. The molecule has 0 saturated heterocycles. The fraction of sp³-hybridized carbons (Fsp3) is 0.303. The maximum absolute atomic E-state index is 13.1. The van der Waals surface area contributed by atoms with Gasteiger partial charge in [0.05, 0.1) is 18.2 Å². The van der Waals surface area contributed by atoms with Gasteiger partial charge in [0.1, 0.15) is 5.75 Å². The average molecular weight is 586 g/mol. The number of carboxylic acids is 1. The van der Waals surface area contributed by atoms with Crippen molar-refractivity contribution in [3.63, 3.8) is 0 Å². The molecule has 0 fully saturated rings. The Morgan fingerprint density at radius 3 is 2.70 bits per heavy atom. The monoisotopic (exact) mass is 585 g/mol. The van der Waals surface area contributed by atoms with Crippen LogP contribution in [0.2, 0.25) is 0 Å². The zero-order chi connectivity index (χ0) is 30.4. The topological polar surface area (TPSA) is 161 Å². The Balaban J connectivity index is 1.05. The summed E-state index contributed by atoms with van der Waals surface area (Å²) in [6.45, 7) is 1.80. The first-order valence-electron chi connectivity index (χ1n) is 14.3. The van der Waals surface area contributed by atoms with Crippen LogP contribution >= 0.6 is 0 Å². The predicted octanol–water partition coefficient (Wildman–Crippen LogP) is 3.51. The number of unbranched alkanes of at least 4 members (excludes halogenated alkanes) is 1. The molecule has 4 aromatic rings. The van der Waals surface area contributed by atoms with Crippen molar-refractivity contribution in [1.29, 1.82) is 0 Å². The lowest BCUT2D eigenvalue weighted by molar-refractivity contribution is -0.144. The van der Waals surface area contributed by atoms with Gasteiger partial charge in [-0.25, -0.2) is 4.79 Å². The number of carbonyl (C=O) groups excluding carboxylic acids is 1. The van der Waals surface area contributed by atoms with Gasteiger partial charge in [-0.15, -0.1) is 0 Å². The summed E-state index contributed by atoms with van der Waals surface area (Å²) < 4.78 is 5.80. The molecule has 1 aliphatic rings. The van der Waals surface area contributed by atoms with Crippen LogP contribution < -0.4 is 16.2 Å². The van der Waals surface area contributed by atoms with Gasteiger partial charge in [0.2, 0.25) is 5.56 Å². The number of aryl methyl sites for hydroxylation is 1. The number of aliphatic hydroxyl groups excluding tert-OH is 1. The van der Waals surface area contributed by atoms with Crippen LogP contribution in [0.4, 0.5) is 0 Å². The molecule has 1 amide bonds. The zero-order valence-electron chi connectivity index (χ0n) is 23.6. The molecule has 3 aromatic carbocycles. The summed E-state index contributed by atoms with van der Waals surface area (Å²) in [5.41, 5.74) is 1.90. The quantitative estimate of drug-likeness (QED) is 0.130. The molecule has 224 valence electrons. The molecule has 0 radical (unpaired) electrons. The lowest BCUT2D eigenvalue weighted by atomic mass is 9.91. The lowest BCUT2D eigenvalue weighted by Gasteiger charge is -2.27. The highest BCUT2D eigenvalue weighted by molar-refractivity contribution is 5.98. The Morgan fingerprint density at radius 1 is 1.02 bits per heavy atom. The highest BCUT2D eigenvalue weighted by Crippen LogP contribution is 2.37. The number of benzene rings is 3. The van der Waals surface area contributed by atoms with Crippen molar-refractivity contribution in [2.75, 3.05) is 19.7 Å². The number of hydrogen-bond acceptors (Lipinski definition) is 7. The Kier molecular flexibility index (Phi) is 9.20. The Morgan fingerprint density at radius 2 is 1.86 bits per heavy atom. The van der Waals surface area contributed by atoms with E-state index in [1.54, 1.807) is 42.5 Å². The number of H-pyrrole nitrogens is 1. The van der Waals surface area contributed by atoms with E-state index >= 15 is 0 Å². The minimum Gasteiger partial charge on any atom is -0.506 e. The van der Waals surface area contributed by atoms with E-state index in [9.17, 15) is 29.7 Å². The van der Waals surface area contributed by atoms with E-state index in [4.69, 9.17) is 4.74 Å². The number of aromatic nitrogens is 1. The number of fused-ring (bicyclic) bond motifs is 2. The van der Waals surface area contributed by atoms with E-state index in [2.05, 4.69) is 15.6 Å². The number of pyridine rings is 1. The maximum Gasteiger partial charge on any atom is 0.334 e. The molecule has 1 aliphatic carbocycles. The molecule has 10 nitrogen and oxygen atoms in total. The third-order valence-corrected chi connectivity index (χ3v) is 7.89. The number of phenols is 1. The van der Waals surface area contributed by atoms with Crippen LogP contribution in [0.3, 0.4) is 0 Å². The second-order valence-electron chi connectivity index (χ2n) is 10.8. The van der Waals surface area contributed by atoms with Crippen molar-refractivity contribution in [2.24, 2.45) is 0 Å². The number of phenolic OH excluding ortho intramolecular Hbond substituents is 1. The summed E-state index contributed by atoms with van der Waals surface area (Å²) in [6.07, 6.45) is 1.68. The minimum atomic E-state index is -1.44. The third kappa shape index (κ3) is 6.61. The van der Waals surface area contributed by atoms with E-state index in [-0.39, 0.29) is 11.3 Å². The molecule has 6 N–H and O–H groups in total. The van der Waals surface area contributed by atoms with Crippen molar-refractivity contribution >= 4 is 22.8 Å². The number of amides is 1. The third-order valence-electron chi connectivity index (χ3n) is 7.89. The Bertz CT molecular complexity index is 1680. The van der Waals surface area contributed by atoms with Gasteiger partial charge in [-0.05, 0) is 78.7 Å². The summed E-state index contributed by atoms with van der Waals surface area (Å²) in [4.78, 5) is 39.6. The molecule has 0 saturated carbocycles. The molecule has 2 atom stereocenters. The highest BCUT2D eigenvalue weighted by atomic mass is 16.5. The first-order chi connectivity index (χ1) is 20.8. The summed E-state index contributed by atoms with van der Waals surface area (Å²) in [5.74, 6) is -1.56. The molecule has 5 rings (SSSR count). The normalized spacial score (nSPS) is 16.6. The number of aliphatic hydroxyl groups is 1. The van der Waals surface area contributed by atoms with Crippen molar-refractivity contribution in [1.82, 2.24) is 15.6 Å². The molecule has 43 heavy (non-hydrogen) atoms. The van der Waals surface area contributed by atoms with Crippen LogP contribution in [-0.2, 0) is 28.1 Å². The summed E-state index contributed by atoms with van der Waals surface area (Å²) >= 11 is 0. The number of aliphatic carboxylic acids is 1. The first-order valence-corrected chi connectivity index (χ1v) is 14.3. The van der Waals surface area contributed by atoms with Gasteiger partial charge in [-0.2, -0.15) is 0 Å². The first kappa shape index (κ1) is 30.0. The molecular formula is C33H35N3O7. The van der Waals surface area contributed by atoms with Gasteiger partial charge in [0, 0.05) is 30.2 Å².